The molecule has 0 spiro atoms. The van der Waals surface area contributed by atoms with Gasteiger partial charge in [-0.3, -0.25) is 0 Å². The summed E-state index contributed by atoms with van der Waals surface area (Å²) in [6.45, 7) is 4.18. The molecule has 0 aliphatic carbocycles. The first-order valence-corrected chi connectivity index (χ1v) is 5.09. The van der Waals surface area contributed by atoms with Gasteiger partial charge in [0, 0.05) is 11.6 Å². The summed E-state index contributed by atoms with van der Waals surface area (Å²) >= 11 is 0. The summed E-state index contributed by atoms with van der Waals surface area (Å²) in [4.78, 5) is 0. The predicted octanol–water partition coefficient (Wildman–Crippen LogP) is 3.28. The normalized spacial score (nSPS) is 15.1. The fraction of sp³-hybridized carbons (Fsp3) is 0.333. The second-order valence-electron chi connectivity index (χ2n) is 3.68. The molecule has 2 atom stereocenters. The van der Waals surface area contributed by atoms with Crippen LogP contribution < -0.4 is 5.32 Å². The first-order chi connectivity index (χ1) is 7.27. The standard InChI is InChI=1S/C12H15NO2/c1-9(11-5-7-14-8-11)13-10(2)12-4-3-6-15-12/h3-10,13H,1-2H3/t9?,10-/m0/s1. The van der Waals surface area contributed by atoms with E-state index in [0.717, 1.165) is 11.3 Å². The lowest BCUT2D eigenvalue weighted by atomic mass is 10.1. The van der Waals surface area contributed by atoms with E-state index in [4.69, 9.17) is 8.83 Å². The third-order valence-corrected chi connectivity index (χ3v) is 2.51. The summed E-state index contributed by atoms with van der Waals surface area (Å²) in [5, 5.41) is 3.43. The van der Waals surface area contributed by atoms with Crippen molar-refractivity contribution in [2.45, 2.75) is 25.9 Å². The van der Waals surface area contributed by atoms with Gasteiger partial charge in [-0.15, -0.1) is 0 Å². The molecule has 2 heterocycles. The van der Waals surface area contributed by atoms with E-state index in [0.29, 0.717) is 0 Å². The second kappa shape index (κ2) is 4.36. The molecule has 0 fully saturated rings. The van der Waals surface area contributed by atoms with Crippen LogP contribution in [0.4, 0.5) is 0 Å². The summed E-state index contributed by atoms with van der Waals surface area (Å²) in [6, 6.07) is 6.29. The Labute approximate surface area is 89.1 Å². The maximum atomic E-state index is 5.33. The van der Waals surface area contributed by atoms with E-state index in [9.17, 15) is 0 Å². The Kier molecular flexibility index (Phi) is 2.92. The number of hydrogen-bond donors (Lipinski definition) is 1. The zero-order chi connectivity index (χ0) is 10.7. The van der Waals surface area contributed by atoms with Gasteiger partial charge in [-0.05, 0) is 32.0 Å². The highest BCUT2D eigenvalue weighted by molar-refractivity contribution is 5.12. The minimum Gasteiger partial charge on any atom is -0.472 e. The van der Waals surface area contributed by atoms with E-state index in [2.05, 4.69) is 19.2 Å². The van der Waals surface area contributed by atoms with Crippen LogP contribution in [0.15, 0.2) is 45.8 Å². The molecule has 15 heavy (non-hydrogen) atoms. The average Bonchev–Trinajstić information content (AvgIpc) is 2.91. The highest BCUT2D eigenvalue weighted by Crippen LogP contribution is 2.19. The highest BCUT2D eigenvalue weighted by Gasteiger charge is 2.13. The largest absolute Gasteiger partial charge is 0.472 e. The number of hydrogen-bond acceptors (Lipinski definition) is 3. The van der Waals surface area contributed by atoms with Crippen molar-refractivity contribution in [1.82, 2.24) is 5.32 Å². The molecule has 0 aromatic carbocycles. The van der Waals surface area contributed by atoms with E-state index >= 15 is 0 Å². The van der Waals surface area contributed by atoms with Crippen LogP contribution in [-0.4, -0.2) is 0 Å². The van der Waals surface area contributed by atoms with E-state index < -0.39 is 0 Å². The fourth-order valence-electron chi connectivity index (χ4n) is 1.61. The van der Waals surface area contributed by atoms with Gasteiger partial charge in [0.05, 0.1) is 24.8 Å². The molecular weight excluding hydrogens is 190 g/mol. The van der Waals surface area contributed by atoms with Crippen LogP contribution in [0.3, 0.4) is 0 Å². The van der Waals surface area contributed by atoms with Crippen LogP contribution in [0, 0.1) is 0 Å². The van der Waals surface area contributed by atoms with Gasteiger partial charge >= 0.3 is 0 Å². The van der Waals surface area contributed by atoms with Crippen molar-refractivity contribution >= 4 is 0 Å². The summed E-state index contributed by atoms with van der Waals surface area (Å²) in [6.07, 6.45) is 5.13. The van der Waals surface area contributed by atoms with Gasteiger partial charge in [-0.1, -0.05) is 0 Å². The van der Waals surface area contributed by atoms with Crippen molar-refractivity contribution in [3.05, 3.63) is 48.3 Å². The molecule has 3 nitrogen and oxygen atoms in total. The lowest BCUT2D eigenvalue weighted by molar-refractivity contribution is 0.401. The van der Waals surface area contributed by atoms with E-state index in [1.807, 2.05) is 18.2 Å². The molecule has 0 aliphatic rings. The molecule has 1 unspecified atom stereocenters. The first-order valence-electron chi connectivity index (χ1n) is 5.09. The third-order valence-electron chi connectivity index (χ3n) is 2.51. The van der Waals surface area contributed by atoms with Crippen LogP contribution >= 0.6 is 0 Å². The van der Waals surface area contributed by atoms with Crippen LogP contribution in [0.2, 0.25) is 0 Å². The van der Waals surface area contributed by atoms with Crippen LogP contribution in [0.5, 0.6) is 0 Å². The molecule has 2 aromatic heterocycles. The number of rotatable bonds is 4. The van der Waals surface area contributed by atoms with Crippen LogP contribution in [0.25, 0.3) is 0 Å². The Balaban J connectivity index is 1.98. The SMILES string of the molecule is CC(N[C@@H](C)c1ccco1)c1ccoc1. The van der Waals surface area contributed by atoms with Gasteiger partial charge in [0.25, 0.3) is 0 Å². The Morgan fingerprint density at radius 1 is 1.13 bits per heavy atom. The van der Waals surface area contributed by atoms with Crippen molar-refractivity contribution in [2.75, 3.05) is 0 Å². The maximum Gasteiger partial charge on any atom is 0.120 e. The molecule has 0 aliphatic heterocycles. The van der Waals surface area contributed by atoms with E-state index in [1.54, 1.807) is 18.8 Å². The molecule has 3 heteroatoms. The summed E-state index contributed by atoms with van der Waals surface area (Å²) in [7, 11) is 0. The Hall–Kier alpha value is -1.48. The van der Waals surface area contributed by atoms with Crippen LogP contribution in [-0.2, 0) is 0 Å². The van der Waals surface area contributed by atoms with Crippen molar-refractivity contribution < 1.29 is 8.83 Å². The smallest absolute Gasteiger partial charge is 0.120 e. The monoisotopic (exact) mass is 205 g/mol. The van der Waals surface area contributed by atoms with Gasteiger partial charge < -0.3 is 14.2 Å². The van der Waals surface area contributed by atoms with Gasteiger partial charge in [0.1, 0.15) is 5.76 Å². The highest BCUT2D eigenvalue weighted by atomic mass is 16.3. The molecule has 0 saturated heterocycles. The topological polar surface area (TPSA) is 38.3 Å². The molecule has 2 rings (SSSR count). The zero-order valence-corrected chi connectivity index (χ0v) is 8.94. The quantitative estimate of drug-likeness (QED) is 0.832. The van der Waals surface area contributed by atoms with Crippen molar-refractivity contribution in [2.24, 2.45) is 0 Å². The van der Waals surface area contributed by atoms with E-state index in [-0.39, 0.29) is 12.1 Å². The van der Waals surface area contributed by atoms with Gasteiger partial charge in [0.15, 0.2) is 0 Å². The minimum atomic E-state index is 0.199. The van der Waals surface area contributed by atoms with Crippen molar-refractivity contribution in [3.63, 3.8) is 0 Å². The summed E-state index contributed by atoms with van der Waals surface area (Å²) in [5.41, 5.74) is 1.15. The zero-order valence-electron chi connectivity index (χ0n) is 8.94. The first kappa shape index (κ1) is 10.1. The second-order valence-corrected chi connectivity index (χ2v) is 3.68. The molecule has 0 radical (unpaired) electrons. The molecule has 1 N–H and O–H groups in total. The summed E-state index contributed by atoms with van der Waals surface area (Å²) in [5.74, 6) is 0.949. The van der Waals surface area contributed by atoms with Gasteiger partial charge in [-0.2, -0.15) is 0 Å². The number of nitrogens with one attached hydrogen (secondary N) is 1. The molecule has 0 bridgehead atoms. The Morgan fingerprint density at radius 2 is 2.00 bits per heavy atom. The molecular formula is C12H15NO2. The summed E-state index contributed by atoms with van der Waals surface area (Å²) < 4.78 is 10.4. The molecule has 2 aromatic rings. The predicted molar refractivity (Wildman–Crippen MR) is 57.4 cm³/mol. The van der Waals surface area contributed by atoms with Gasteiger partial charge in [0.2, 0.25) is 0 Å². The Morgan fingerprint density at radius 3 is 2.60 bits per heavy atom. The molecule has 0 amide bonds. The van der Waals surface area contributed by atoms with Gasteiger partial charge in [-0.25, -0.2) is 0 Å². The average molecular weight is 205 g/mol. The Bertz CT molecular complexity index is 339. The lowest BCUT2D eigenvalue weighted by Gasteiger charge is -2.17. The molecule has 0 saturated carbocycles. The van der Waals surface area contributed by atoms with Crippen molar-refractivity contribution in [3.8, 4) is 0 Å². The third kappa shape index (κ3) is 2.30. The number of furan rings is 2. The van der Waals surface area contributed by atoms with Crippen LogP contribution in [0.1, 0.15) is 37.3 Å². The fourth-order valence-corrected chi connectivity index (χ4v) is 1.61. The molecule has 80 valence electrons. The van der Waals surface area contributed by atoms with Crippen molar-refractivity contribution in [1.29, 1.82) is 0 Å². The van der Waals surface area contributed by atoms with E-state index in [1.165, 1.54) is 0 Å². The lowest BCUT2D eigenvalue weighted by Crippen LogP contribution is -2.21. The maximum absolute atomic E-state index is 5.33. The minimum absolute atomic E-state index is 0.199.